The Morgan fingerprint density at radius 1 is 1.24 bits per heavy atom. The van der Waals surface area contributed by atoms with Crippen molar-refractivity contribution in [2.24, 2.45) is 0 Å². The molecular formula is C20H23N3O2. The van der Waals surface area contributed by atoms with E-state index in [9.17, 15) is 4.79 Å². The normalized spacial score (nSPS) is 15.4. The summed E-state index contributed by atoms with van der Waals surface area (Å²) in [6.45, 7) is 6.45. The van der Waals surface area contributed by atoms with Gasteiger partial charge in [0.1, 0.15) is 0 Å². The molecule has 1 aromatic heterocycles. The predicted molar refractivity (Wildman–Crippen MR) is 99.2 cm³/mol. The molecule has 0 saturated carbocycles. The minimum absolute atomic E-state index is 0.149. The second-order valence-corrected chi connectivity index (χ2v) is 6.14. The van der Waals surface area contributed by atoms with E-state index in [1.165, 1.54) is 11.6 Å². The van der Waals surface area contributed by atoms with E-state index in [4.69, 9.17) is 4.74 Å². The van der Waals surface area contributed by atoms with E-state index in [-0.39, 0.29) is 5.91 Å². The molecule has 1 saturated heterocycles. The number of nitrogens with one attached hydrogen (secondary N) is 1. The van der Waals surface area contributed by atoms with Gasteiger partial charge in [0.05, 0.1) is 13.2 Å². The van der Waals surface area contributed by atoms with E-state index in [0.29, 0.717) is 0 Å². The van der Waals surface area contributed by atoms with Crippen LogP contribution in [0.25, 0.3) is 6.08 Å². The number of pyridine rings is 1. The number of nitrogens with zero attached hydrogens (tertiary/aromatic N) is 2. The Hall–Kier alpha value is -2.50. The molecular weight excluding hydrogens is 314 g/mol. The number of aryl methyl sites for hydroxylation is 1. The smallest absolute Gasteiger partial charge is 0.248 e. The number of ether oxygens (including phenoxy) is 1. The number of rotatable bonds is 5. The van der Waals surface area contributed by atoms with Crippen LogP contribution in [0.15, 0.2) is 48.8 Å². The van der Waals surface area contributed by atoms with Gasteiger partial charge in [0.2, 0.25) is 5.91 Å². The maximum Gasteiger partial charge on any atom is 0.248 e. The molecule has 1 amide bonds. The highest BCUT2D eigenvalue weighted by atomic mass is 16.5. The zero-order chi connectivity index (χ0) is 17.5. The van der Waals surface area contributed by atoms with Gasteiger partial charge in [-0.25, -0.2) is 0 Å². The van der Waals surface area contributed by atoms with Gasteiger partial charge in [-0.2, -0.15) is 0 Å². The van der Waals surface area contributed by atoms with Crippen LogP contribution in [0.3, 0.4) is 0 Å². The second-order valence-electron chi connectivity index (χ2n) is 6.14. The second kappa shape index (κ2) is 8.55. The van der Waals surface area contributed by atoms with Gasteiger partial charge in [-0.05, 0) is 47.9 Å². The van der Waals surface area contributed by atoms with Crippen LogP contribution >= 0.6 is 0 Å². The zero-order valence-corrected chi connectivity index (χ0v) is 14.4. The van der Waals surface area contributed by atoms with Gasteiger partial charge in [-0.3, -0.25) is 14.7 Å². The largest absolute Gasteiger partial charge is 0.379 e. The van der Waals surface area contributed by atoms with Crippen LogP contribution in [0.2, 0.25) is 0 Å². The molecule has 25 heavy (non-hydrogen) atoms. The summed E-state index contributed by atoms with van der Waals surface area (Å²) in [5.74, 6) is -0.149. The molecule has 3 rings (SSSR count). The molecule has 0 bridgehead atoms. The van der Waals surface area contributed by atoms with E-state index >= 15 is 0 Å². The fraction of sp³-hybridized carbons (Fsp3) is 0.300. The number of amides is 1. The lowest BCUT2D eigenvalue weighted by Gasteiger charge is -2.26. The van der Waals surface area contributed by atoms with Crippen molar-refractivity contribution in [3.05, 3.63) is 65.5 Å². The van der Waals surface area contributed by atoms with Crippen LogP contribution in [-0.2, 0) is 16.1 Å². The molecule has 0 atom stereocenters. The fourth-order valence-electron chi connectivity index (χ4n) is 2.71. The molecule has 2 heterocycles. The first-order valence-corrected chi connectivity index (χ1v) is 8.49. The third kappa shape index (κ3) is 5.24. The Morgan fingerprint density at radius 2 is 2.00 bits per heavy atom. The summed E-state index contributed by atoms with van der Waals surface area (Å²) in [6.07, 6.45) is 6.81. The van der Waals surface area contributed by atoms with E-state index < -0.39 is 0 Å². The minimum Gasteiger partial charge on any atom is -0.379 e. The van der Waals surface area contributed by atoms with Gasteiger partial charge >= 0.3 is 0 Å². The van der Waals surface area contributed by atoms with Gasteiger partial charge in [-0.15, -0.1) is 0 Å². The lowest BCUT2D eigenvalue weighted by Crippen LogP contribution is -2.35. The Kier molecular flexibility index (Phi) is 5.93. The van der Waals surface area contributed by atoms with Gasteiger partial charge < -0.3 is 10.1 Å². The molecule has 1 fully saturated rings. The van der Waals surface area contributed by atoms with Crippen LogP contribution < -0.4 is 5.32 Å². The van der Waals surface area contributed by atoms with Crippen molar-refractivity contribution in [3.8, 4) is 0 Å². The topological polar surface area (TPSA) is 54.5 Å². The summed E-state index contributed by atoms with van der Waals surface area (Å²) >= 11 is 0. The number of hydrogen-bond donors (Lipinski definition) is 1. The van der Waals surface area contributed by atoms with E-state index in [2.05, 4.69) is 27.3 Å². The molecule has 5 nitrogen and oxygen atoms in total. The average Bonchev–Trinajstić information content (AvgIpc) is 2.64. The molecule has 0 radical (unpaired) electrons. The molecule has 1 aliphatic heterocycles. The first-order valence-electron chi connectivity index (χ1n) is 8.49. The number of anilines is 1. The molecule has 1 aromatic carbocycles. The van der Waals surface area contributed by atoms with Crippen LogP contribution in [0.5, 0.6) is 0 Å². The lowest BCUT2D eigenvalue weighted by atomic mass is 10.1. The zero-order valence-electron chi connectivity index (χ0n) is 14.4. The molecule has 0 spiro atoms. The van der Waals surface area contributed by atoms with Crippen molar-refractivity contribution < 1.29 is 9.53 Å². The highest BCUT2D eigenvalue weighted by molar-refractivity contribution is 6.01. The van der Waals surface area contributed by atoms with Crippen molar-refractivity contribution in [2.75, 3.05) is 31.6 Å². The first-order chi connectivity index (χ1) is 12.2. The van der Waals surface area contributed by atoms with Gasteiger partial charge in [0.25, 0.3) is 0 Å². The Balaban J connectivity index is 1.54. The van der Waals surface area contributed by atoms with Crippen molar-refractivity contribution >= 4 is 17.7 Å². The van der Waals surface area contributed by atoms with Crippen LogP contribution in [-0.4, -0.2) is 42.1 Å². The van der Waals surface area contributed by atoms with Crippen molar-refractivity contribution in [3.63, 3.8) is 0 Å². The Bertz CT molecular complexity index is 735. The summed E-state index contributed by atoms with van der Waals surface area (Å²) in [6, 6.07) is 9.92. The summed E-state index contributed by atoms with van der Waals surface area (Å²) in [4.78, 5) is 18.5. The number of carbonyl (C=O) groups excluding carboxylic acids is 1. The fourth-order valence-corrected chi connectivity index (χ4v) is 2.71. The lowest BCUT2D eigenvalue weighted by molar-refractivity contribution is -0.111. The predicted octanol–water partition coefficient (Wildman–Crippen LogP) is 2.87. The SMILES string of the molecule is Cc1ccncc1/C=C/C(=O)Nc1ccc(CN2CCOCC2)cc1. The summed E-state index contributed by atoms with van der Waals surface area (Å²) in [5, 5.41) is 2.88. The van der Waals surface area contributed by atoms with Crippen molar-refractivity contribution in [1.29, 1.82) is 0 Å². The number of hydrogen-bond acceptors (Lipinski definition) is 4. The molecule has 0 unspecified atom stereocenters. The molecule has 0 aliphatic carbocycles. The number of morpholine rings is 1. The maximum atomic E-state index is 12.1. The highest BCUT2D eigenvalue weighted by Crippen LogP contribution is 2.13. The minimum atomic E-state index is -0.149. The Morgan fingerprint density at radius 3 is 2.72 bits per heavy atom. The van der Waals surface area contributed by atoms with Gasteiger partial charge in [-0.1, -0.05) is 12.1 Å². The van der Waals surface area contributed by atoms with E-state index in [0.717, 1.165) is 49.7 Å². The van der Waals surface area contributed by atoms with E-state index in [1.807, 2.05) is 25.1 Å². The number of carbonyl (C=O) groups is 1. The molecule has 5 heteroatoms. The first kappa shape index (κ1) is 17.3. The van der Waals surface area contributed by atoms with Gasteiger partial charge in [0, 0.05) is 43.8 Å². The maximum absolute atomic E-state index is 12.1. The third-order valence-electron chi connectivity index (χ3n) is 4.23. The molecule has 1 N–H and O–H groups in total. The monoisotopic (exact) mass is 337 g/mol. The van der Waals surface area contributed by atoms with E-state index in [1.54, 1.807) is 18.5 Å². The van der Waals surface area contributed by atoms with Gasteiger partial charge in [0.15, 0.2) is 0 Å². The standard InChI is InChI=1S/C20H23N3O2/c1-16-8-9-21-14-18(16)4-7-20(24)22-19-5-2-17(3-6-19)15-23-10-12-25-13-11-23/h2-9,14H,10-13,15H2,1H3,(H,22,24)/b7-4+. The quantitative estimate of drug-likeness (QED) is 0.853. The highest BCUT2D eigenvalue weighted by Gasteiger charge is 2.10. The van der Waals surface area contributed by atoms with Crippen molar-refractivity contribution in [2.45, 2.75) is 13.5 Å². The van der Waals surface area contributed by atoms with Crippen molar-refractivity contribution in [1.82, 2.24) is 9.88 Å². The van der Waals surface area contributed by atoms with Crippen LogP contribution in [0.1, 0.15) is 16.7 Å². The number of aromatic nitrogens is 1. The molecule has 130 valence electrons. The molecule has 1 aliphatic rings. The van der Waals surface area contributed by atoms with Crippen LogP contribution in [0.4, 0.5) is 5.69 Å². The summed E-state index contributed by atoms with van der Waals surface area (Å²) in [7, 11) is 0. The average molecular weight is 337 g/mol. The number of benzene rings is 1. The molecule has 2 aromatic rings. The summed E-state index contributed by atoms with van der Waals surface area (Å²) < 4.78 is 5.36. The third-order valence-corrected chi connectivity index (χ3v) is 4.23. The van der Waals surface area contributed by atoms with Crippen LogP contribution in [0, 0.1) is 6.92 Å². The summed E-state index contributed by atoms with van der Waals surface area (Å²) in [5.41, 5.74) is 4.06. The Labute approximate surface area is 148 Å².